The minimum absolute atomic E-state index is 0.159. The van der Waals surface area contributed by atoms with E-state index < -0.39 is 0 Å². The molecule has 9 nitrogen and oxygen atoms in total. The summed E-state index contributed by atoms with van der Waals surface area (Å²) < 4.78 is 10.7. The van der Waals surface area contributed by atoms with Crippen LogP contribution >= 0.6 is 0 Å². The molecule has 1 amide bonds. The van der Waals surface area contributed by atoms with E-state index in [0.717, 1.165) is 5.56 Å². The van der Waals surface area contributed by atoms with Gasteiger partial charge in [0.2, 0.25) is 0 Å². The smallest absolute Gasteiger partial charge is 0.276 e. The molecule has 0 unspecified atom stereocenters. The number of para-hydroxylation sites is 1. The molecule has 0 aliphatic rings. The molecule has 1 heterocycles. The van der Waals surface area contributed by atoms with Gasteiger partial charge in [0.15, 0.2) is 18.2 Å². The third-order valence-electron chi connectivity index (χ3n) is 3.93. The highest BCUT2D eigenvalue weighted by molar-refractivity contribution is 5.82. The van der Waals surface area contributed by atoms with E-state index in [2.05, 4.69) is 26.1 Å². The summed E-state index contributed by atoms with van der Waals surface area (Å²) in [5.41, 5.74) is 13.3. The maximum absolute atomic E-state index is 12.0. The van der Waals surface area contributed by atoms with Crippen molar-refractivity contribution in [3.63, 3.8) is 0 Å². The second kappa shape index (κ2) is 9.27. The molecule has 0 radical (unpaired) electrons. The second-order valence-electron chi connectivity index (χ2n) is 6.09. The quantitative estimate of drug-likeness (QED) is 0.430. The number of hydrazine groups is 1. The molecular weight excluding hydrogens is 372 g/mol. The van der Waals surface area contributed by atoms with Crippen molar-refractivity contribution >= 4 is 28.9 Å². The number of aryl methyl sites for hydroxylation is 1. The molecule has 0 saturated heterocycles. The molecule has 3 rings (SSSR count). The molecule has 1 aromatic heterocycles. The molecule has 0 fully saturated rings. The standard InChI is InChI=1S/C20H22N6O3/c1-13-8-9-16(28-2)15(10-13)24-19-18(21)20(23-12-22-19)26-25-17(27)11-29-14-6-4-3-5-7-14/h3-10,12H,11,21H2,1-2H3,(H,25,27)(H2,22,23,24,26). The van der Waals surface area contributed by atoms with Gasteiger partial charge in [-0.15, -0.1) is 0 Å². The van der Waals surface area contributed by atoms with Crippen LogP contribution in [-0.2, 0) is 4.79 Å². The molecule has 150 valence electrons. The number of ether oxygens (including phenoxy) is 2. The molecule has 3 aromatic rings. The lowest BCUT2D eigenvalue weighted by molar-refractivity contribution is -0.122. The minimum atomic E-state index is -0.387. The molecule has 0 aliphatic carbocycles. The first kappa shape index (κ1) is 19.7. The van der Waals surface area contributed by atoms with Gasteiger partial charge in [-0.25, -0.2) is 9.97 Å². The number of rotatable bonds is 8. The van der Waals surface area contributed by atoms with Gasteiger partial charge in [-0.2, -0.15) is 0 Å². The van der Waals surface area contributed by atoms with Gasteiger partial charge in [0.1, 0.15) is 23.5 Å². The number of nitrogens with zero attached hydrogens (tertiary/aromatic N) is 2. The Kier molecular flexibility index (Phi) is 6.31. The highest BCUT2D eigenvalue weighted by atomic mass is 16.5. The first-order valence-corrected chi connectivity index (χ1v) is 8.81. The highest BCUT2D eigenvalue weighted by Crippen LogP contribution is 2.31. The molecule has 0 spiro atoms. The summed E-state index contributed by atoms with van der Waals surface area (Å²) in [5.74, 6) is 1.49. The first-order chi connectivity index (χ1) is 14.1. The predicted molar refractivity (Wildman–Crippen MR) is 111 cm³/mol. The topological polar surface area (TPSA) is 123 Å². The molecule has 9 heteroatoms. The van der Waals surface area contributed by atoms with E-state index in [-0.39, 0.29) is 24.0 Å². The monoisotopic (exact) mass is 394 g/mol. The fourth-order valence-corrected chi connectivity index (χ4v) is 2.47. The fraction of sp³-hybridized carbons (Fsp3) is 0.150. The normalized spacial score (nSPS) is 10.1. The van der Waals surface area contributed by atoms with Gasteiger partial charge < -0.3 is 20.5 Å². The van der Waals surface area contributed by atoms with Crippen molar-refractivity contribution in [1.82, 2.24) is 15.4 Å². The minimum Gasteiger partial charge on any atom is -0.495 e. The molecule has 0 aliphatic heterocycles. The lowest BCUT2D eigenvalue weighted by Gasteiger charge is -2.15. The van der Waals surface area contributed by atoms with Crippen molar-refractivity contribution in [2.24, 2.45) is 0 Å². The number of benzene rings is 2. The van der Waals surface area contributed by atoms with Crippen LogP contribution in [0, 0.1) is 6.92 Å². The van der Waals surface area contributed by atoms with Crippen molar-refractivity contribution in [3.8, 4) is 11.5 Å². The number of carbonyl (C=O) groups excluding carboxylic acids is 1. The van der Waals surface area contributed by atoms with Crippen molar-refractivity contribution in [2.75, 3.05) is 30.2 Å². The Hall–Kier alpha value is -4.01. The Balaban J connectivity index is 1.63. The maximum Gasteiger partial charge on any atom is 0.276 e. The summed E-state index contributed by atoms with van der Waals surface area (Å²) in [6.45, 7) is 1.81. The Morgan fingerprint density at radius 3 is 2.62 bits per heavy atom. The van der Waals surface area contributed by atoms with E-state index in [0.29, 0.717) is 23.0 Å². The number of nitrogen functional groups attached to an aromatic ring is 1. The summed E-state index contributed by atoms with van der Waals surface area (Å²) in [7, 11) is 1.58. The van der Waals surface area contributed by atoms with Gasteiger partial charge in [0.05, 0.1) is 12.8 Å². The number of nitrogens with one attached hydrogen (secondary N) is 3. The summed E-state index contributed by atoms with van der Waals surface area (Å²) in [6, 6.07) is 14.7. The molecule has 5 N–H and O–H groups in total. The van der Waals surface area contributed by atoms with Gasteiger partial charge in [-0.05, 0) is 36.8 Å². The second-order valence-corrected chi connectivity index (χ2v) is 6.09. The van der Waals surface area contributed by atoms with E-state index in [1.54, 1.807) is 19.2 Å². The van der Waals surface area contributed by atoms with Gasteiger partial charge >= 0.3 is 0 Å². The number of methoxy groups -OCH3 is 1. The SMILES string of the molecule is COc1ccc(C)cc1Nc1ncnc(NNC(=O)COc2ccccc2)c1N. The summed E-state index contributed by atoms with van der Waals surface area (Å²) in [4.78, 5) is 20.2. The Bertz CT molecular complexity index is 981. The Morgan fingerprint density at radius 2 is 1.86 bits per heavy atom. The van der Waals surface area contributed by atoms with E-state index in [1.165, 1.54) is 6.33 Å². The molecule has 2 aromatic carbocycles. The number of amides is 1. The lowest BCUT2D eigenvalue weighted by Crippen LogP contribution is -2.34. The van der Waals surface area contributed by atoms with E-state index in [4.69, 9.17) is 15.2 Å². The number of carbonyl (C=O) groups is 1. The van der Waals surface area contributed by atoms with Crippen LogP contribution in [0.1, 0.15) is 5.56 Å². The summed E-state index contributed by atoms with van der Waals surface area (Å²) >= 11 is 0. The van der Waals surface area contributed by atoms with Crippen LogP contribution in [0.25, 0.3) is 0 Å². The van der Waals surface area contributed by atoms with Crippen molar-refractivity contribution in [3.05, 3.63) is 60.4 Å². The first-order valence-electron chi connectivity index (χ1n) is 8.81. The average molecular weight is 394 g/mol. The summed E-state index contributed by atoms with van der Waals surface area (Å²) in [6.07, 6.45) is 1.33. The molecule has 0 bridgehead atoms. The molecule has 29 heavy (non-hydrogen) atoms. The van der Waals surface area contributed by atoms with Crippen LogP contribution in [0.3, 0.4) is 0 Å². The highest BCUT2D eigenvalue weighted by Gasteiger charge is 2.12. The van der Waals surface area contributed by atoms with Crippen molar-refractivity contribution in [1.29, 1.82) is 0 Å². The van der Waals surface area contributed by atoms with Gasteiger partial charge in [0.25, 0.3) is 5.91 Å². The van der Waals surface area contributed by atoms with Crippen LogP contribution in [0.2, 0.25) is 0 Å². The zero-order valence-corrected chi connectivity index (χ0v) is 16.1. The van der Waals surface area contributed by atoms with E-state index in [1.807, 2.05) is 43.3 Å². The fourth-order valence-electron chi connectivity index (χ4n) is 2.47. The lowest BCUT2D eigenvalue weighted by atomic mass is 10.2. The van der Waals surface area contributed by atoms with Gasteiger partial charge in [-0.1, -0.05) is 24.3 Å². The third-order valence-corrected chi connectivity index (χ3v) is 3.93. The van der Waals surface area contributed by atoms with Gasteiger partial charge in [0, 0.05) is 0 Å². The van der Waals surface area contributed by atoms with Crippen LogP contribution < -0.4 is 31.4 Å². The number of aromatic nitrogens is 2. The third kappa shape index (κ3) is 5.25. The van der Waals surface area contributed by atoms with Crippen LogP contribution in [0.5, 0.6) is 11.5 Å². The predicted octanol–water partition coefficient (Wildman–Crippen LogP) is 2.64. The maximum atomic E-state index is 12.0. The van der Waals surface area contributed by atoms with Crippen molar-refractivity contribution < 1.29 is 14.3 Å². The van der Waals surface area contributed by atoms with Crippen molar-refractivity contribution in [2.45, 2.75) is 6.92 Å². The van der Waals surface area contributed by atoms with Crippen LogP contribution in [0.15, 0.2) is 54.9 Å². The number of anilines is 4. The van der Waals surface area contributed by atoms with E-state index in [9.17, 15) is 4.79 Å². The zero-order chi connectivity index (χ0) is 20.6. The average Bonchev–Trinajstić information content (AvgIpc) is 2.74. The number of nitrogens with two attached hydrogens (primary N) is 1. The molecule has 0 saturated carbocycles. The van der Waals surface area contributed by atoms with Crippen LogP contribution in [-0.4, -0.2) is 29.6 Å². The van der Waals surface area contributed by atoms with Gasteiger partial charge in [-0.3, -0.25) is 15.6 Å². The Labute approximate surface area is 168 Å². The number of hydrogen-bond donors (Lipinski definition) is 4. The Morgan fingerprint density at radius 1 is 1.10 bits per heavy atom. The van der Waals surface area contributed by atoms with E-state index >= 15 is 0 Å². The zero-order valence-electron chi connectivity index (χ0n) is 16.1. The molecular formula is C20H22N6O3. The molecule has 0 atom stereocenters. The number of hydrogen-bond acceptors (Lipinski definition) is 8. The van der Waals surface area contributed by atoms with Crippen LogP contribution in [0.4, 0.5) is 23.0 Å². The summed E-state index contributed by atoms with van der Waals surface area (Å²) in [5, 5.41) is 3.13. The largest absolute Gasteiger partial charge is 0.495 e.